The Kier molecular flexibility index (Phi) is 10.9. The van der Waals surface area contributed by atoms with Crippen LogP contribution in [0.4, 0.5) is 5.82 Å². The number of carboxylic acid groups (broad SMARTS) is 1. The first-order valence-electron chi connectivity index (χ1n) is 11.8. The van der Waals surface area contributed by atoms with Crippen LogP contribution in [0.3, 0.4) is 0 Å². The zero-order valence-corrected chi connectivity index (χ0v) is 21.7. The quantitative estimate of drug-likeness (QED) is 0.0792. The molecule has 0 bridgehead atoms. The Labute approximate surface area is 227 Å². The SMILES string of the molecule is NCC(=O)NC1C(O)CC(OPOC[C@H]2O[C@@H](n3ccc(N)nc3=O)[C@@H](O)C2O)(C(=O)O)OC1C(O)[C@H](O)CO. The number of nitrogens with two attached hydrogens (primary N) is 2. The smallest absolute Gasteiger partial charge is 0.364 e. The highest BCUT2D eigenvalue weighted by molar-refractivity contribution is 7.26. The summed E-state index contributed by atoms with van der Waals surface area (Å²) in [5, 5.41) is 73.0. The normalized spacial score (nSPS) is 34.1. The number of carboxylic acids is 1. The summed E-state index contributed by atoms with van der Waals surface area (Å²) in [4.78, 5) is 39.6. The molecule has 12 N–H and O–H groups in total. The number of aliphatic hydroxyl groups excluding tert-OH is 6. The molecule has 2 aliphatic heterocycles. The summed E-state index contributed by atoms with van der Waals surface area (Å²) in [5.74, 6) is -5.26. The zero-order chi connectivity index (χ0) is 29.8. The van der Waals surface area contributed by atoms with Gasteiger partial charge in [-0.1, -0.05) is 0 Å². The first-order chi connectivity index (χ1) is 18.8. The maximum Gasteiger partial charge on any atom is 0.364 e. The lowest BCUT2D eigenvalue weighted by Gasteiger charge is -2.46. The van der Waals surface area contributed by atoms with Gasteiger partial charge in [-0.25, -0.2) is 9.59 Å². The van der Waals surface area contributed by atoms with Gasteiger partial charge in [0.2, 0.25) is 5.91 Å². The molecule has 1 amide bonds. The molecule has 1 aromatic heterocycles. The third kappa shape index (κ3) is 6.90. The van der Waals surface area contributed by atoms with E-state index in [-0.39, 0.29) is 5.82 Å². The van der Waals surface area contributed by atoms with Crippen LogP contribution < -0.4 is 22.5 Å². The van der Waals surface area contributed by atoms with Crippen molar-refractivity contribution in [3.63, 3.8) is 0 Å². The largest absolute Gasteiger partial charge is 0.477 e. The molecule has 3 rings (SSSR count). The molecule has 226 valence electrons. The van der Waals surface area contributed by atoms with Crippen molar-refractivity contribution in [2.24, 2.45) is 5.73 Å². The van der Waals surface area contributed by atoms with Crippen molar-refractivity contribution >= 4 is 26.7 Å². The molecule has 2 aliphatic rings. The van der Waals surface area contributed by atoms with Gasteiger partial charge in [-0.3, -0.25) is 13.9 Å². The van der Waals surface area contributed by atoms with Gasteiger partial charge in [-0.15, -0.1) is 0 Å². The Morgan fingerprint density at radius 1 is 1.30 bits per heavy atom. The van der Waals surface area contributed by atoms with Crippen LogP contribution >= 0.6 is 9.03 Å². The molecule has 7 unspecified atom stereocenters. The van der Waals surface area contributed by atoms with E-state index in [9.17, 15) is 50.1 Å². The van der Waals surface area contributed by atoms with E-state index in [2.05, 4.69) is 10.3 Å². The molecule has 11 atom stereocenters. The molecular formula is C20H32N5O14P. The summed E-state index contributed by atoms with van der Waals surface area (Å²) < 4.78 is 22.4. The highest BCUT2D eigenvalue weighted by atomic mass is 31.1. The van der Waals surface area contributed by atoms with Gasteiger partial charge in [0, 0.05) is 12.6 Å². The number of aliphatic hydroxyl groups is 6. The minimum atomic E-state index is -2.65. The summed E-state index contributed by atoms with van der Waals surface area (Å²) >= 11 is 0. The van der Waals surface area contributed by atoms with Crippen molar-refractivity contribution in [1.29, 1.82) is 0 Å². The molecule has 3 heterocycles. The molecule has 2 fully saturated rings. The summed E-state index contributed by atoms with van der Waals surface area (Å²) in [7, 11) is -1.14. The molecule has 20 heteroatoms. The first-order valence-corrected chi connectivity index (χ1v) is 12.6. The van der Waals surface area contributed by atoms with Crippen molar-refractivity contribution in [2.45, 2.75) is 67.2 Å². The van der Waals surface area contributed by atoms with Gasteiger partial charge < -0.3 is 66.5 Å². The molecule has 0 saturated carbocycles. The number of nitrogen functional groups attached to an aromatic ring is 1. The number of aromatic nitrogens is 2. The number of ether oxygens (including phenoxy) is 2. The molecule has 0 spiro atoms. The van der Waals surface area contributed by atoms with Crippen molar-refractivity contribution in [2.75, 3.05) is 25.5 Å². The topological polar surface area (TPSA) is 312 Å². The van der Waals surface area contributed by atoms with E-state index in [1.165, 1.54) is 12.3 Å². The number of carbonyl (C=O) groups excluding carboxylic acids is 1. The number of hydrogen-bond acceptors (Lipinski definition) is 16. The predicted molar refractivity (Wildman–Crippen MR) is 130 cm³/mol. The lowest BCUT2D eigenvalue weighted by atomic mass is 9.88. The Morgan fingerprint density at radius 2 is 2.00 bits per heavy atom. The Morgan fingerprint density at radius 3 is 2.60 bits per heavy atom. The van der Waals surface area contributed by atoms with E-state index >= 15 is 0 Å². The molecule has 0 aromatic carbocycles. The van der Waals surface area contributed by atoms with E-state index < -0.39 is 114 Å². The zero-order valence-electron chi connectivity index (χ0n) is 20.7. The molecule has 1 aromatic rings. The van der Waals surface area contributed by atoms with Gasteiger partial charge in [0.05, 0.1) is 31.9 Å². The van der Waals surface area contributed by atoms with Crippen LogP contribution in [0.5, 0.6) is 0 Å². The number of carbonyl (C=O) groups is 2. The summed E-state index contributed by atoms with van der Waals surface area (Å²) in [6.07, 6.45) is -12.5. The minimum Gasteiger partial charge on any atom is -0.477 e. The van der Waals surface area contributed by atoms with Gasteiger partial charge in [0.15, 0.2) is 15.3 Å². The minimum absolute atomic E-state index is 0.0661. The summed E-state index contributed by atoms with van der Waals surface area (Å²) in [5.41, 5.74) is 9.86. The highest BCUT2D eigenvalue weighted by Crippen LogP contribution is 2.39. The van der Waals surface area contributed by atoms with Gasteiger partial charge in [-0.2, -0.15) is 4.98 Å². The van der Waals surface area contributed by atoms with E-state index in [1.54, 1.807) is 0 Å². The first kappa shape index (κ1) is 32.1. The standard InChI is InChI=1S/C20H32N5O14P/c21-4-11(29)24-12-7(27)3-20(18(33)34,38-16(12)13(30)8(28)5-26)39-40-36-6-9-14(31)15(32)17(37-9)25-2-1-10(22)23-19(25)35/h1-2,7-9,12-17,26-28,30-32,40H,3-6,21H2,(H,24,29)(H,33,34)(H2,22,23,35)/t7?,8-,9-,12?,13?,14?,15+,16?,17-,20?/m1/s1. The lowest BCUT2D eigenvalue weighted by Crippen LogP contribution is -2.68. The third-order valence-electron chi connectivity index (χ3n) is 6.31. The number of anilines is 1. The Bertz CT molecular complexity index is 1100. The van der Waals surface area contributed by atoms with E-state index in [4.69, 9.17) is 30.0 Å². The van der Waals surface area contributed by atoms with E-state index in [0.717, 1.165) is 4.57 Å². The van der Waals surface area contributed by atoms with Gasteiger partial charge in [0.25, 0.3) is 5.79 Å². The second-order valence-corrected chi connectivity index (χ2v) is 9.69. The second-order valence-electron chi connectivity index (χ2n) is 9.03. The molecule has 2 saturated heterocycles. The monoisotopic (exact) mass is 597 g/mol. The number of hydrogen-bond donors (Lipinski definition) is 10. The van der Waals surface area contributed by atoms with Crippen LogP contribution in [-0.4, -0.2) is 131 Å². The number of rotatable bonds is 12. The average molecular weight is 597 g/mol. The van der Waals surface area contributed by atoms with Crippen molar-refractivity contribution in [1.82, 2.24) is 14.9 Å². The van der Waals surface area contributed by atoms with Crippen molar-refractivity contribution in [3.05, 3.63) is 22.7 Å². The fraction of sp³-hybridized carbons (Fsp3) is 0.700. The molecule has 40 heavy (non-hydrogen) atoms. The number of nitrogens with one attached hydrogen (secondary N) is 1. The van der Waals surface area contributed by atoms with Crippen molar-refractivity contribution < 1.29 is 63.9 Å². The predicted octanol–water partition coefficient (Wildman–Crippen LogP) is -5.93. The van der Waals surface area contributed by atoms with Gasteiger partial charge in [0.1, 0.15) is 42.4 Å². The maximum atomic E-state index is 12.2. The summed E-state index contributed by atoms with van der Waals surface area (Å²) in [6.45, 7) is -1.94. The molecule has 0 aliphatic carbocycles. The lowest BCUT2D eigenvalue weighted by molar-refractivity contribution is -0.283. The van der Waals surface area contributed by atoms with Crippen LogP contribution in [0.25, 0.3) is 0 Å². The average Bonchev–Trinajstić information content (AvgIpc) is 3.19. The van der Waals surface area contributed by atoms with E-state index in [0.29, 0.717) is 0 Å². The summed E-state index contributed by atoms with van der Waals surface area (Å²) in [6, 6.07) is -0.165. The fourth-order valence-electron chi connectivity index (χ4n) is 4.17. The molecule has 19 nitrogen and oxygen atoms in total. The van der Waals surface area contributed by atoms with Gasteiger partial charge >= 0.3 is 11.7 Å². The van der Waals surface area contributed by atoms with Crippen LogP contribution in [0, 0.1) is 0 Å². The molecule has 0 radical (unpaired) electrons. The highest BCUT2D eigenvalue weighted by Gasteiger charge is 2.56. The number of amides is 1. The Hall–Kier alpha value is -2.39. The fourth-order valence-corrected chi connectivity index (χ4v) is 4.82. The second kappa shape index (κ2) is 13.5. The van der Waals surface area contributed by atoms with Crippen LogP contribution in [0.2, 0.25) is 0 Å². The van der Waals surface area contributed by atoms with Crippen LogP contribution in [-0.2, 0) is 28.1 Å². The Balaban J connectivity index is 1.68. The maximum absolute atomic E-state index is 12.2. The van der Waals surface area contributed by atoms with E-state index in [1.807, 2.05) is 0 Å². The van der Waals surface area contributed by atoms with Gasteiger partial charge in [-0.05, 0) is 6.07 Å². The van der Waals surface area contributed by atoms with Crippen molar-refractivity contribution in [3.8, 4) is 0 Å². The number of aliphatic carboxylic acids is 1. The van der Waals surface area contributed by atoms with Crippen LogP contribution in [0.15, 0.2) is 17.1 Å². The molecular weight excluding hydrogens is 565 g/mol. The van der Waals surface area contributed by atoms with Crippen LogP contribution in [0.1, 0.15) is 12.6 Å². The number of nitrogens with zero attached hydrogens (tertiary/aromatic N) is 2. The third-order valence-corrected chi connectivity index (χ3v) is 7.00.